The van der Waals surface area contributed by atoms with Crippen LogP contribution in [0.3, 0.4) is 0 Å². The van der Waals surface area contributed by atoms with Gasteiger partial charge in [0.05, 0.1) is 6.61 Å². The Morgan fingerprint density at radius 3 is 2.27 bits per heavy atom. The third kappa shape index (κ3) is 7.64. The van der Waals surface area contributed by atoms with Gasteiger partial charge in [0.25, 0.3) is 0 Å². The zero-order chi connectivity index (χ0) is 11.9. The van der Waals surface area contributed by atoms with Crippen molar-refractivity contribution in [3.8, 4) is 0 Å². The van der Waals surface area contributed by atoms with Crippen LogP contribution in [-0.2, 0) is 4.74 Å². The molecule has 0 amide bonds. The molecule has 2 atom stereocenters. The van der Waals surface area contributed by atoms with Gasteiger partial charge in [-0.3, -0.25) is 0 Å². The number of aliphatic hydroxyl groups is 1. The van der Waals surface area contributed by atoms with Crippen molar-refractivity contribution in [2.24, 2.45) is 5.92 Å². The van der Waals surface area contributed by atoms with Crippen LogP contribution in [-0.4, -0.2) is 21.8 Å². The molecule has 0 radical (unpaired) electrons. The van der Waals surface area contributed by atoms with Crippen molar-refractivity contribution in [3.63, 3.8) is 0 Å². The Kier molecular flexibility index (Phi) is 8.39. The Morgan fingerprint density at radius 1 is 1.27 bits per heavy atom. The van der Waals surface area contributed by atoms with Gasteiger partial charge in [0.1, 0.15) is 0 Å². The molecule has 92 valence electrons. The number of halogens is 3. The minimum atomic E-state index is -1.76. The molecular weight excluding hydrogens is 258 g/mol. The van der Waals surface area contributed by atoms with E-state index in [0.717, 1.165) is 25.7 Å². The molecule has 0 bridgehead atoms. The van der Waals surface area contributed by atoms with Gasteiger partial charge in [0.15, 0.2) is 0 Å². The quantitative estimate of drug-likeness (QED) is 0.565. The van der Waals surface area contributed by atoms with Gasteiger partial charge < -0.3 is 9.84 Å². The van der Waals surface area contributed by atoms with Crippen molar-refractivity contribution >= 4 is 34.8 Å². The monoisotopic (exact) mass is 276 g/mol. The fourth-order valence-corrected chi connectivity index (χ4v) is 1.41. The molecule has 0 saturated carbocycles. The van der Waals surface area contributed by atoms with Crippen molar-refractivity contribution < 1.29 is 9.84 Å². The van der Waals surface area contributed by atoms with E-state index < -0.39 is 10.1 Å². The number of aliphatic hydroxyl groups excluding tert-OH is 1. The molecule has 0 saturated heterocycles. The standard InChI is InChI=1S/C10H19Cl3O2/c1-3-5-6-8(4-2)7-15-9(14)10(11,12)13/h8-9,14H,3-7H2,1-2H3. The van der Waals surface area contributed by atoms with Crippen LogP contribution in [0.4, 0.5) is 0 Å². The summed E-state index contributed by atoms with van der Waals surface area (Å²) in [6.45, 7) is 4.67. The summed E-state index contributed by atoms with van der Waals surface area (Å²) in [6.07, 6.45) is 3.06. The summed E-state index contributed by atoms with van der Waals surface area (Å²) in [5, 5.41) is 9.34. The maximum absolute atomic E-state index is 9.34. The summed E-state index contributed by atoms with van der Waals surface area (Å²) in [7, 11) is 0. The topological polar surface area (TPSA) is 29.5 Å². The fourth-order valence-electron chi connectivity index (χ4n) is 1.22. The molecule has 2 nitrogen and oxygen atoms in total. The first-order chi connectivity index (χ1) is 6.91. The van der Waals surface area contributed by atoms with Gasteiger partial charge in [0.2, 0.25) is 10.1 Å². The van der Waals surface area contributed by atoms with Crippen LogP contribution in [0.1, 0.15) is 39.5 Å². The average Bonchev–Trinajstić information content (AvgIpc) is 2.16. The van der Waals surface area contributed by atoms with Gasteiger partial charge in [-0.25, -0.2) is 0 Å². The number of unbranched alkanes of at least 4 members (excludes halogenated alkanes) is 1. The predicted octanol–water partition coefficient (Wildman–Crippen LogP) is 3.91. The molecule has 0 aromatic rings. The van der Waals surface area contributed by atoms with Gasteiger partial charge >= 0.3 is 0 Å². The number of rotatable bonds is 7. The second-order valence-corrected chi connectivity index (χ2v) is 6.01. The molecule has 0 spiro atoms. The minimum Gasteiger partial charge on any atom is -0.365 e. The van der Waals surface area contributed by atoms with E-state index in [4.69, 9.17) is 39.5 Å². The molecule has 0 aliphatic heterocycles. The molecule has 1 N–H and O–H groups in total. The van der Waals surface area contributed by atoms with E-state index in [1.165, 1.54) is 0 Å². The van der Waals surface area contributed by atoms with Gasteiger partial charge in [-0.2, -0.15) is 0 Å². The molecule has 0 aromatic heterocycles. The van der Waals surface area contributed by atoms with E-state index in [0.29, 0.717) is 12.5 Å². The normalized spacial score (nSPS) is 16.4. The van der Waals surface area contributed by atoms with E-state index in [1.807, 2.05) is 0 Å². The Bertz CT molecular complexity index is 159. The smallest absolute Gasteiger partial charge is 0.240 e. The Morgan fingerprint density at radius 2 is 1.87 bits per heavy atom. The lowest BCUT2D eigenvalue weighted by Crippen LogP contribution is -2.30. The molecule has 5 heteroatoms. The molecule has 0 fully saturated rings. The zero-order valence-electron chi connectivity index (χ0n) is 9.18. The second-order valence-electron chi connectivity index (χ2n) is 3.64. The third-order valence-corrected chi connectivity index (χ3v) is 2.87. The van der Waals surface area contributed by atoms with Crippen LogP contribution in [0.5, 0.6) is 0 Å². The first-order valence-electron chi connectivity index (χ1n) is 5.28. The van der Waals surface area contributed by atoms with E-state index in [9.17, 15) is 5.11 Å². The summed E-state index contributed by atoms with van der Waals surface area (Å²) in [5.41, 5.74) is 0. The lowest BCUT2D eigenvalue weighted by Gasteiger charge is -2.22. The van der Waals surface area contributed by atoms with Crippen LogP contribution < -0.4 is 0 Å². The van der Waals surface area contributed by atoms with Gasteiger partial charge in [-0.1, -0.05) is 67.9 Å². The van der Waals surface area contributed by atoms with E-state index in [2.05, 4.69) is 13.8 Å². The van der Waals surface area contributed by atoms with Crippen molar-refractivity contribution in [1.29, 1.82) is 0 Å². The predicted molar refractivity (Wildman–Crippen MR) is 65.6 cm³/mol. The SMILES string of the molecule is CCCCC(CC)COC(O)C(Cl)(Cl)Cl. The van der Waals surface area contributed by atoms with Crippen LogP contribution in [0.2, 0.25) is 0 Å². The van der Waals surface area contributed by atoms with Crippen LogP contribution in [0, 0.1) is 5.92 Å². The molecule has 0 aliphatic carbocycles. The summed E-state index contributed by atoms with van der Waals surface area (Å²) in [4.78, 5) is 0. The van der Waals surface area contributed by atoms with E-state index in [1.54, 1.807) is 0 Å². The maximum atomic E-state index is 9.34. The highest BCUT2D eigenvalue weighted by Gasteiger charge is 2.32. The first kappa shape index (κ1) is 15.8. The zero-order valence-corrected chi connectivity index (χ0v) is 11.4. The van der Waals surface area contributed by atoms with Crippen LogP contribution in [0.25, 0.3) is 0 Å². The maximum Gasteiger partial charge on any atom is 0.240 e. The summed E-state index contributed by atoms with van der Waals surface area (Å²) in [6, 6.07) is 0. The highest BCUT2D eigenvalue weighted by Crippen LogP contribution is 2.31. The molecular formula is C10H19Cl3O2. The van der Waals surface area contributed by atoms with Crippen molar-refractivity contribution in [2.45, 2.75) is 49.6 Å². The van der Waals surface area contributed by atoms with Crippen molar-refractivity contribution in [3.05, 3.63) is 0 Å². The molecule has 15 heavy (non-hydrogen) atoms. The molecule has 2 unspecified atom stereocenters. The average molecular weight is 278 g/mol. The number of hydrogen-bond donors (Lipinski definition) is 1. The number of ether oxygens (including phenoxy) is 1. The van der Waals surface area contributed by atoms with Crippen LogP contribution in [0.15, 0.2) is 0 Å². The lowest BCUT2D eigenvalue weighted by molar-refractivity contribution is -0.107. The number of alkyl halides is 3. The van der Waals surface area contributed by atoms with E-state index in [-0.39, 0.29) is 0 Å². The largest absolute Gasteiger partial charge is 0.365 e. The fraction of sp³-hybridized carbons (Fsp3) is 1.00. The Balaban J connectivity index is 3.79. The van der Waals surface area contributed by atoms with Crippen molar-refractivity contribution in [1.82, 2.24) is 0 Å². The number of hydrogen-bond acceptors (Lipinski definition) is 2. The lowest BCUT2D eigenvalue weighted by atomic mass is 10.0. The Labute approximate surface area is 107 Å². The molecule has 0 rings (SSSR count). The van der Waals surface area contributed by atoms with Crippen LogP contribution >= 0.6 is 34.8 Å². The summed E-state index contributed by atoms with van der Waals surface area (Å²) < 4.78 is 3.36. The summed E-state index contributed by atoms with van der Waals surface area (Å²) >= 11 is 16.4. The molecule has 0 aliphatic rings. The third-order valence-electron chi connectivity index (χ3n) is 2.31. The van der Waals surface area contributed by atoms with Crippen molar-refractivity contribution in [2.75, 3.05) is 6.61 Å². The van der Waals surface area contributed by atoms with Gasteiger partial charge in [-0.15, -0.1) is 0 Å². The molecule has 0 heterocycles. The first-order valence-corrected chi connectivity index (χ1v) is 6.41. The van der Waals surface area contributed by atoms with Gasteiger partial charge in [-0.05, 0) is 12.3 Å². The van der Waals surface area contributed by atoms with E-state index >= 15 is 0 Å². The Hall–Kier alpha value is 0.790. The highest BCUT2D eigenvalue weighted by molar-refractivity contribution is 6.67. The minimum absolute atomic E-state index is 0.423. The highest BCUT2D eigenvalue weighted by atomic mass is 35.6. The summed E-state index contributed by atoms with van der Waals surface area (Å²) in [5.74, 6) is 0.423. The second kappa shape index (κ2) is 7.97. The molecule has 0 aromatic carbocycles. The van der Waals surface area contributed by atoms with Gasteiger partial charge in [0, 0.05) is 0 Å².